The van der Waals surface area contributed by atoms with Gasteiger partial charge >= 0.3 is 0 Å². The summed E-state index contributed by atoms with van der Waals surface area (Å²) in [6.45, 7) is 1.45. The van der Waals surface area contributed by atoms with E-state index in [0.717, 1.165) is 24.4 Å². The molecule has 1 aromatic carbocycles. The molecule has 21 heavy (non-hydrogen) atoms. The maximum absolute atomic E-state index is 13.2. The number of nitrogens with one attached hydrogen (secondary N) is 1. The molecule has 1 aliphatic rings. The van der Waals surface area contributed by atoms with Gasteiger partial charge in [-0.25, -0.2) is 9.37 Å². The Bertz CT molecular complexity index is 607. The molecule has 0 spiro atoms. The van der Waals surface area contributed by atoms with Gasteiger partial charge in [0.2, 0.25) is 0 Å². The summed E-state index contributed by atoms with van der Waals surface area (Å²) in [4.78, 5) is 6.47. The predicted octanol–water partition coefficient (Wildman–Crippen LogP) is 2.56. The van der Waals surface area contributed by atoms with Crippen LogP contribution >= 0.6 is 11.6 Å². The molecule has 2 heterocycles. The van der Waals surface area contributed by atoms with Crippen molar-refractivity contribution in [3.63, 3.8) is 0 Å². The van der Waals surface area contributed by atoms with Gasteiger partial charge in [-0.3, -0.25) is 10.00 Å². The number of methoxy groups -OCH3 is 1. The van der Waals surface area contributed by atoms with Gasteiger partial charge < -0.3 is 4.74 Å². The number of H-pyrrole nitrogens is 1. The fourth-order valence-electron chi connectivity index (χ4n) is 2.74. The Morgan fingerprint density at radius 1 is 1.52 bits per heavy atom. The van der Waals surface area contributed by atoms with Crippen LogP contribution in [-0.2, 0) is 11.3 Å². The van der Waals surface area contributed by atoms with E-state index in [1.54, 1.807) is 19.2 Å². The van der Waals surface area contributed by atoms with Crippen LogP contribution in [0.2, 0.25) is 5.02 Å². The number of nitrogens with zero attached hydrogens (tertiary/aromatic N) is 3. The lowest BCUT2D eigenvalue weighted by atomic mass is 10.1. The molecule has 2 aromatic rings. The normalized spacial score (nSPS) is 22.8. The van der Waals surface area contributed by atoms with E-state index < -0.39 is 5.82 Å². The standard InChI is InChI=1S/C14H16ClFN4O/c1-21-10-5-13(14-17-8-18-19-14)20(7-10)6-9-2-3-12(16)11(15)4-9/h2-4,8,10,13H,5-7H2,1H3,(H,17,18,19)/t10-,13+/m1/s1. The summed E-state index contributed by atoms with van der Waals surface area (Å²) >= 11 is 5.84. The molecular weight excluding hydrogens is 295 g/mol. The van der Waals surface area contributed by atoms with Crippen molar-refractivity contribution in [1.82, 2.24) is 20.1 Å². The first kappa shape index (κ1) is 14.4. The molecule has 7 heteroatoms. The molecule has 0 saturated carbocycles. The molecule has 1 N–H and O–H groups in total. The van der Waals surface area contributed by atoms with Gasteiger partial charge in [0.25, 0.3) is 0 Å². The highest BCUT2D eigenvalue weighted by Crippen LogP contribution is 2.32. The summed E-state index contributed by atoms with van der Waals surface area (Å²) in [5.74, 6) is 0.422. The highest BCUT2D eigenvalue weighted by atomic mass is 35.5. The second-order valence-corrected chi connectivity index (χ2v) is 5.57. The van der Waals surface area contributed by atoms with Crippen molar-refractivity contribution >= 4 is 11.6 Å². The summed E-state index contributed by atoms with van der Waals surface area (Å²) in [5.41, 5.74) is 0.961. The van der Waals surface area contributed by atoms with Gasteiger partial charge in [-0.15, -0.1) is 0 Å². The summed E-state index contributed by atoms with van der Waals surface area (Å²) in [7, 11) is 1.71. The minimum Gasteiger partial charge on any atom is -0.380 e. The van der Waals surface area contributed by atoms with Crippen LogP contribution in [0.3, 0.4) is 0 Å². The second-order valence-electron chi connectivity index (χ2n) is 5.16. The van der Waals surface area contributed by atoms with Crippen molar-refractivity contribution < 1.29 is 9.13 Å². The second kappa shape index (κ2) is 6.09. The van der Waals surface area contributed by atoms with Crippen molar-refractivity contribution in [1.29, 1.82) is 0 Å². The number of halogens is 2. The Balaban J connectivity index is 1.79. The first-order chi connectivity index (χ1) is 10.2. The summed E-state index contributed by atoms with van der Waals surface area (Å²) in [6, 6.07) is 4.92. The summed E-state index contributed by atoms with van der Waals surface area (Å²) in [5, 5.41) is 6.97. The van der Waals surface area contributed by atoms with Crippen LogP contribution in [0.5, 0.6) is 0 Å². The fraction of sp³-hybridized carbons (Fsp3) is 0.429. The highest BCUT2D eigenvalue weighted by Gasteiger charge is 2.34. The molecule has 1 fully saturated rings. The van der Waals surface area contributed by atoms with Crippen LogP contribution in [0.25, 0.3) is 0 Å². The molecule has 2 atom stereocenters. The zero-order valence-electron chi connectivity index (χ0n) is 11.6. The summed E-state index contributed by atoms with van der Waals surface area (Å²) in [6.07, 6.45) is 2.50. The van der Waals surface area contributed by atoms with Crippen molar-refractivity contribution in [3.8, 4) is 0 Å². The van der Waals surface area contributed by atoms with Crippen LogP contribution in [0.4, 0.5) is 4.39 Å². The smallest absolute Gasteiger partial charge is 0.141 e. The Kier molecular flexibility index (Phi) is 4.19. The number of hydrogen-bond acceptors (Lipinski definition) is 4. The molecule has 0 amide bonds. The lowest BCUT2D eigenvalue weighted by Crippen LogP contribution is -2.25. The number of benzene rings is 1. The number of aromatic nitrogens is 3. The maximum Gasteiger partial charge on any atom is 0.141 e. The molecular formula is C14H16ClFN4O. The zero-order valence-corrected chi connectivity index (χ0v) is 12.3. The van der Waals surface area contributed by atoms with Crippen LogP contribution in [0, 0.1) is 5.82 Å². The highest BCUT2D eigenvalue weighted by molar-refractivity contribution is 6.30. The average molecular weight is 311 g/mol. The molecule has 5 nitrogen and oxygen atoms in total. The SMILES string of the molecule is CO[C@@H]1C[C@@H](c2ncn[nH]2)N(Cc2ccc(F)c(Cl)c2)C1. The van der Waals surface area contributed by atoms with Crippen LogP contribution in [-0.4, -0.2) is 39.8 Å². The fourth-order valence-corrected chi connectivity index (χ4v) is 2.94. The Morgan fingerprint density at radius 3 is 3.05 bits per heavy atom. The predicted molar refractivity (Wildman–Crippen MR) is 76.4 cm³/mol. The first-order valence-electron chi connectivity index (χ1n) is 6.73. The third kappa shape index (κ3) is 3.07. The van der Waals surface area contributed by atoms with E-state index in [0.29, 0.717) is 6.54 Å². The molecule has 3 rings (SSSR count). The van der Waals surface area contributed by atoms with E-state index in [1.807, 2.05) is 0 Å². The molecule has 1 saturated heterocycles. The van der Waals surface area contributed by atoms with Gasteiger partial charge in [0.1, 0.15) is 18.0 Å². The van der Waals surface area contributed by atoms with Crippen molar-refractivity contribution in [2.24, 2.45) is 0 Å². The number of hydrogen-bond donors (Lipinski definition) is 1. The average Bonchev–Trinajstić information content (AvgIpc) is 3.11. The molecule has 0 radical (unpaired) electrons. The Hall–Kier alpha value is -1.50. The third-order valence-electron chi connectivity index (χ3n) is 3.82. The van der Waals surface area contributed by atoms with Crippen molar-refractivity contribution in [3.05, 3.63) is 46.8 Å². The van der Waals surface area contributed by atoms with E-state index >= 15 is 0 Å². The number of ether oxygens (including phenoxy) is 1. The van der Waals surface area contributed by atoms with Gasteiger partial charge in [0, 0.05) is 20.2 Å². The van der Waals surface area contributed by atoms with Crippen LogP contribution in [0.1, 0.15) is 23.9 Å². The van der Waals surface area contributed by atoms with Crippen molar-refractivity contribution in [2.75, 3.05) is 13.7 Å². The lowest BCUT2D eigenvalue weighted by Gasteiger charge is -2.22. The third-order valence-corrected chi connectivity index (χ3v) is 4.11. The van der Waals surface area contributed by atoms with Crippen molar-refractivity contribution in [2.45, 2.75) is 25.1 Å². The lowest BCUT2D eigenvalue weighted by molar-refractivity contribution is 0.107. The van der Waals surface area contributed by atoms with E-state index in [4.69, 9.17) is 16.3 Å². The quantitative estimate of drug-likeness (QED) is 0.943. The van der Waals surface area contributed by atoms with Gasteiger partial charge in [-0.1, -0.05) is 17.7 Å². The molecule has 0 bridgehead atoms. The first-order valence-corrected chi connectivity index (χ1v) is 7.11. The Morgan fingerprint density at radius 2 is 2.38 bits per heavy atom. The molecule has 112 valence electrons. The topological polar surface area (TPSA) is 54.0 Å². The molecule has 0 aliphatic carbocycles. The van der Waals surface area contributed by atoms with Gasteiger partial charge in [0.15, 0.2) is 0 Å². The van der Waals surface area contributed by atoms with Gasteiger partial charge in [-0.2, -0.15) is 5.10 Å². The molecule has 0 unspecified atom stereocenters. The van der Waals surface area contributed by atoms with Crippen LogP contribution in [0.15, 0.2) is 24.5 Å². The molecule has 1 aromatic heterocycles. The Labute approximate surface area is 127 Å². The number of aromatic amines is 1. The van der Waals surface area contributed by atoms with E-state index in [1.165, 1.54) is 12.4 Å². The molecule has 1 aliphatic heterocycles. The number of likely N-dealkylation sites (tertiary alicyclic amines) is 1. The summed E-state index contributed by atoms with van der Waals surface area (Å²) < 4.78 is 18.7. The minimum atomic E-state index is -0.400. The van der Waals surface area contributed by atoms with E-state index in [9.17, 15) is 4.39 Å². The zero-order chi connectivity index (χ0) is 14.8. The van der Waals surface area contributed by atoms with E-state index in [2.05, 4.69) is 20.1 Å². The number of rotatable bonds is 4. The van der Waals surface area contributed by atoms with E-state index in [-0.39, 0.29) is 17.2 Å². The minimum absolute atomic E-state index is 0.112. The maximum atomic E-state index is 13.2. The monoisotopic (exact) mass is 310 g/mol. The van der Waals surface area contributed by atoms with Gasteiger partial charge in [-0.05, 0) is 24.1 Å². The van der Waals surface area contributed by atoms with Gasteiger partial charge in [0.05, 0.1) is 17.2 Å². The van der Waals surface area contributed by atoms with Crippen LogP contribution < -0.4 is 0 Å². The largest absolute Gasteiger partial charge is 0.380 e.